The van der Waals surface area contributed by atoms with Gasteiger partial charge in [0, 0.05) is 6.61 Å². The number of likely N-dealkylation sites (tertiary alicyclic amines) is 1. The first-order valence-electron chi connectivity index (χ1n) is 16.2. The number of hydrogen-bond donors (Lipinski definition) is 1. The van der Waals surface area contributed by atoms with Crippen LogP contribution in [0.1, 0.15) is 149 Å². The van der Waals surface area contributed by atoms with Crippen LogP contribution in [0.15, 0.2) is 0 Å². The standard InChI is InChI=1S/C32H59NO5/c1-3-5-7-9-11-15-28(16-12-10-8-6-4-2)37-30(35)17-18-31(36)38-29-19-20-32(27-29)21-24-33(25-22-32)23-13-14-26-34/h28-29,34H,3-27H2,1-2H3. The summed E-state index contributed by atoms with van der Waals surface area (Å²) in [5, 5.41) is 9.00. The molecule has 1 saturated carbocycles. The highest BCUT2D eigenvalue weighted by Crippen LogP contribution is 2.47. The van der Waals surface area contributed by atoms with Crippen molar-refractivity contribution in [3.8, 4) is 0 Å². The molecule has 1 unspecified atom stereocenters. The van der Waals surface area contributed by atoms with Gasteiger partial charge >= 0.3 is 11.9 Å². The predicted molar refractivity (Wildman–Crippen MR) is 154 cm³/mol. The third-order valence-electron chi connectivity index (χ3n) is 8.85. The molecule has 0 aromatic rings. The minimum atomic E-state index is -0.249. The summed E-state index contributed by atoms with van der Waals surface area (Å²) in [6.45, 7) is 8.02. The molecule has 6 heteroatoms. The fourth-order valence-electron chi connectivity index (χ4n) is 6.31. The highest BCUT2D eigenvalue weighted by atomic mass is 16.6. The Morgan fingerprint density at radius 1 is 0.816 bits per heavy atom. The number of piperidine rings is 1. The molecule has 1 aliphatic heterocycles. The van der Waals surface area contributed by atoms with Gasteiger partial charge in [0.2, 0.25) is 0 Å². The van der Waals surface area contributed by atoms with E-state index >= 15 is 0 Å². The van der Waals surface area contributed by atoms with Crippen LogP contribution in [-0.2, 0) is 19.1 Å². The molecule has 0 aromatic carbocycles. The second kappa shape index (κ2) is 19.8. The van der Waals surface area contributed by atoms with Crippen molar-refractivity contribution in [1.82, 2.24) is 4.90 Å². The second-order valence-electron chi connectivity index (χ2n) is 12.1. The molecule has 1 spiro atoms. The summed E-state index contributed by atoms with van der Waals surface area (Å²) >= 11 is 0. The van der Waals surface area contributed by atoms with Crippen LogP contribution in [-0.4, -0.2) is 60.4 Å². The van der Waals surface area contributed by atoms with Gasteiger partial charge in [0.1, 0.15) is 12.2 Å². The molecular weight excluding hydrogens is 478 g/mol. The lowest BCUT2D eigenvalue weighted by molar-refractivity contribution is -0.156. The van der Waals surface area contributed by atoms with E-state index in [1.165, 1.54) is 64.2 Å². The first kappa shape index (κ1) is 33.1. The number of ether oxygens (including phenoxy) is 2. The Kier molecular flexibility index (Phi) is 17.3. The number of unbranched alkanes of at least 4 members (excludes halogenated alkanes) is 9. The average molecular weight is 538 g/mol. The van der Waals surface area contributed by atoms with Gasteiger partial charge in [-0.15, -0.1) is 0 Å². The van der Waals surface area contributed by atoms with E-state index in [9.17, 15) is 9.59 Å². The largest absolute Gasteiger partial charge is 0.462 e. The lowest BCUT2D eigenvalue weighted by Crippen LogP contribution is -2.39. The van der Waals surface area contributed by atoms with E-state index < -0.39 is 0 Å². The average Bonchev–Trinajstić information content (AvgIpc) is 3.30. The highest BCUT2D eigenvalue weighted by Gasteiger charge is 2.42. The maximum atomic E-state index is 12.6. The van der Waals surface area contributed by atoms with Crippen molar-refractivity contribution in [3.05, 3.63) is 0 Å². The fraction of sp³-hybridized carbons (Fsp3) is 0.938. The van der Waals surface area contributed by atoms with E-state index in [4.69, 9.17) is 14.6 Å². The van der Waals surface area contributed by atoms with Gasteiger partial charge in [-0.1, -0.05) is 65.2 Å². The van der Waals surface area contributed by atoms with E-state index in [2.05, 4.69) is 18.7 Å². The number of aliphatic hydroxyl groups is 1. The summed E-state index contributed by atoms with van der Waals surface area (Å²) in [7, 11) is 0. The number of esters is 2. The fourth-order valence-corrected chi connectivity index (χ4v) is 6.31. The molecular formula is C32H59NO5. The Balaban J connectivity index is 1.65. The predicted octanol–water partition coefficient (Wildman–Crippen LogP) is 7.35. The molecule has 0 amide bonds. The van der Waals surface area contributed by atoms with Gasteiger partial charge in [0.15, 0.2) is 0 Å². The molecule has 1 atom stereocenters. The third-order valence-corrected chi connectivity index (χ3v) is 8.85. The topological polar surface area (TPSA) is 76.1 Å². The number of carbonyl (C=O) groups excluding carboxylic acids is 2. The zero-order valence-electron chi connectivity index (χ0n) is 24.9. The Morgan fingerprint density at radius 2 is 1.42 bits per heavy atom. The number of carbonyl (C=O) groups is 2. The van der Waals surface area contributed by atoms with Crippen LogP contribution < -0.4 is 0 Å². The Bertz CT molecular complexity index is 617. The van der Waals surface area contributed by atoms with Crippen molar-refractivity contribution in [2.75, 3.05) is 26.2 Å². The molecule has 6 nitrogen and oxygen atoms in total. The van der Waals surface area contributed by atoms with Gasteiger partial charge < -0.3 is 19.5 Å². The van der Waals surface area contributed by atoms with Gasteiger partial charge in [-0.25, -0.2) is 0 Å². The van der Waals surface area contributed by atoms with Crippen LogP contribution in [0.2, 0.25) is 0 Å². The summed E-state index contributed by atoms with van der Waals surface area (Å²) in [6, 6.07) is 0. The second-order valence-corrected chi connectivity index (χ2v) is 12.1. The summed E-state index contributed by atoms with van der Waals surface area (Å²) in [6.07, 6.45) is 21.6. The third kappa shape index (κ3) is 13.8. The van der Waals surface area contributed by atoms with Crippen molar-refractivity contribution >= 4 is 11.9 Å². The van der Waals surface area contributed by atoms with Crippen molar-refractivity contribution in [3.63, 3.8) is 0 Å². The number of aliphatic hydroxyl groups excluding tert-OH is 1. The zero-order valence-corrected chi connectivity index (χ0v) is 24.9. The smallest absolute Gasteiger partial charge is 0.306 e. The monoisotopic (exact) mass is 537 g/mol. The Morgan fingerprint density at radius 3 is 2.03 bits per heavy atom. The molecule has 2 fully saturated rings. The number of hydrogen-bond acceptors (Lipinski definition) is 6. The lowest BCUT2D eigenvalue weighted by Gasteiger charge is -2.39. The molecule has 2 rings (SSSR count). The van der Waals surface area contributed by atoms with E-state index in [-0.39, 0.29) is 43.6 Å². The van der Waals surface area contributed by atoms with Gasteiger partial charge in [-0.3, -0.25) is 9.59 Å². The van der Waals surface area contributed by atoms with Crippen LogP contribution in [0.5, 0.6) is 0 Å². The maximum Gasteiger partial charge on any atom is 0.306 e. The molecule has 1 aliphatic carbocycles. The van der Waals surface area contributed by atoms with Crippen LogP contribution >= 0.6 is 0 Å². The molecule has 38 heavy (non-hydrogen) atoms. The van der Waals surface area contributed by atoms with E-state index in [1.807, 2.05) is 0 Å². The van der Waals surface area contributed by atoms with Gasteiger partial charge in [-0.2, -0.15) is 0 Å². The van der Waals surface area contributed by atoms with Crippen LogP contribution in [0.3, 0.4) is 0 Å². The highest BCUT2D eigenvalue weighted by molar-refractivity contribution is 5.77. The SMILES string of the molecule is CCCCCCCC(CCCCCCC)OC(=O)CCC(=O)OC1CCC2(CCN(CCCCO)CC2)C1. The van der Waals surface area contributed by atoms with E-state index in [0.29, 0.717) is 5.41 Å². The van der Waals surface area contributed by atoms with Crippen molar-refractivity contribution in [2.24, 2.45) is 5.41 Å². The van der Waals surface area contributed by atoms with E-state index in [0.717, 1.165) is 77.4 Å². The van der Waals surface area contributed by atoms with Crippen molar-refractivity contribution in [2.45, 2.75) is 161 Å². The summed E-state index contributed by atoms with van der Waals surface area (Å²) < 4.78 is 11.7. The zero-order chi connectivity index (χ0) is 27.5. The van der Waals surface area contributed by atoms with Gasteiger partial charge in [0.25, 0.3) is 0 Å². The lowest BCUT2D eigenvalue weighted by atomic mass is 9.77. The molecule has 1 saturated heterocycles. The molecule has 0 bridgehead atoms. The Labute approximate surface area is 233 Å². The van der Waals surface area contributed by atoms with Gasteiger partial charge in [-0.05, 0) is 95.7 Å². The van der Waals surface area contributed by atoms with Crippen LogP contribution in [0, 0.1) is 5.41 Å². The van der Waals surface area contributed by atoms with Crippen molar-refractivity contribution < 1.29 is 24.2 Å². The molecule has 0 aromatic heterocycles. The van der Waals surface area contributed by atoms with E-state index in [1.54, 1.807) is 0 Å². The summed E-state index contributed by atoms with van der Waals surface area (Å²) in [4.78, 5) is 27.6. The molecule has 2 aliphatic rings. The normalized spacial score (nSPS) is 19.3. The minimum absolute atomic E-state index is 0.00144. The molecule has 1 N–H and O–H groups in total. The number of rotatable bonds is 21. The first-order chi connectivity index (χ1) is 18.5. The van der Waals surface area contributed by atoms with Crippen LogP contribution in [0.25, 0.3) is 0 Å². The molecule has 1 heterocycles. The summed E-state index contributed by atoms with van der Waals surface area (Å²) in [5.74, 6) is -0.494. The maximum absolute atomic E-state index is 12.6. The van der Waals surface area contributed by atoms with Crippen LogP contribution in [0.4, 0.5) is 0 Å². The first-order valence-corrected chi connectivity index (χ1v) is 16.2. The number of nitrogens with zero attached hydrogens (tertiary/aromatic N) is 1. The summed E-state index contributed by atoms with van der Waals surface area (Å²) in [5.41, 5.74) is 0.318. The molecule has 0 radical (unpaired) electrons. The Hall–Kier alpha value is -1.14. The quantitative estimate of drug-likeness (QED) is 0.122. The van der Waals surface area contributed by atoms with Crippen molar-refractivity contribution in [1.29, 1.82) is 0 Å². The molecule has 222 valence electrons. The van der Waals surface area contributed by atoms with Gasteiger partial charge in [0.05, 0.1) is 12.8 Å². The minimum Gasteiger partial charge on any atom is -0.462 e.